The van der Waals surface area contributed by atoms with Crippen molar-refractivity contribution < 1.29 is 58.0 Å². The largest absolute Gasteiger partial charge is 0.481 e. The van der Waals surface area contributed by atoms with Crippen molar-refractivity contribution in [1.29, 1.82) is 0 Å². The van der Waals surface area contributed by atoms with Gasteiger partial charge in [-0.1, -0.05) is 135 Å². The SMILES string of the molecule is CC(C=CC=C(C)C=CC1=C(C)C(=O)C(OC(=O)CNC(=O)NCCCC(=O)O)CC1(C)C)=CC=CC=C(C)C=CC=C(C)C=CC1=C(C)C(=O)C(OC(=O)CNC(=O)NCCCC(=O)O)CC1(C)C. The Morgan fingerprint density at radius 3 is 1.21 bits per heavy atom. The highest BCUT2D eigenvalue weighted by Crippen LogP contribution is 2.42. The molecule has 0 aromatic rings. The number of ether oxygens (including phenoxy) is 2. The molecule has 2 rings (SSSR count). The molecule has 6 N–H and O–H groups in total. The minimum absolute atomic E-state index is 0.0879. The lowest BCUT2D eigenvalue weighted by atomic mass is 9.71. The number of aliphatic carboxylic acids is 2. The van der Waals surface area contributed by atoms with Crippen molar-refractivity contribution in [3.05, 3.63) is 130 Å². The van der Waals surface area contributed by atoms with E-state index in [0.717, 1.165) is 33.4 Å². The molecule has 2 aliphatic carbocycles. The lowest BCUT2D eigenvalue weighted by molar-refractivity contribution is -0.155. The summed E-state index contributed by atoms with van der Waals surface area (Å²) in [7, 11) is 0. The summed E-state index contributed by atoms with van der Waals surface area (Å²) in [6.45, 7) is 18.7. The number of esters is 2. The maximum Gasteiger partial charge on any atom is 0.326 e. The maximum absolute atomic E-state index is 13.2. The third-order valence-electron chi connectivity index (χ3n) is 11.3. The molecule has 4 amide bonds. The van der Waals surface area contributed by atoms with Crippen LogP contribution in [0.2, 0.25) is 0 Å². The molecule has 16 heteroatoms. The van der Waals surface area contributed by atoms with E-state index in [1.807, 2.05) is 140 Å². The molecule has 2 unspecified atom stereocenters. The van der Waals surface area contributed by atoms with E-state index in [9.17, 15) is 38.4 Å². The number of carboxylic acids is 2. The number of carbonyl (C=O) groups is 8. The normalized spacial score (nSPS) is 19.2. The number of rotatable bonds is 24. The highest BCUT2D eigenvalue weighted by molar-refractivity contribution is 6.02. The van der Waals surface area contributed by atoms with Gasteiger partial charge in [0.05, 0.1) is 0 Å². The molecule has 0 radical (unpaired) electrons. The molecular formula is C54H72N4O12. The summed E-state index contributed by atoms with van der Waals surface area (Å²) in [5.41, 5.74) is 5.74. The second-order valence-electron chi connectivity index (χ2n) is 18.6. The Balaban J connectivity index is 1.91. The van der Waals surface area contributed by atoms with Crippen LogP contribution in [-0.4, -0.2) is 96.1 Å². The Morgan fingerprint density at radius 1 is 0.543 bits per heavy atom. The molecule has 380 valence electrons. The third-order valence-corrected chi connectivity index (χ3v) is 11.3. The molecule has 0 aromatic heterocycles. The van der Waals surface area contributed by atoms with Crippen molar-refractivity contribution in [3.63, 3.8) is 0 Å². The first-order valence-electron chi connectivity index (χ1n) is 23.3. The quantitative estimate of drug-likeness (QED) is 0.0304. The zero-order valence-electron chi connectivity index (χ0n) is 42.3. The molecule has 0 heterocycles. The van der Waals surface area contributed by atoms with Gasteiger partial charge in [0.15, 0.2) is 23.8 Å². The molecule has 0 aromatic carbocycles. The predicted molar refractivity (Wildman–Crippen MR) is 269 cm³/mol. The van der Waals surface area contributed by atoms with Crippen LogP contribution in [0, 0.1) is 10.8 Å². The topological polar surface area (TPSA) is 244 Å². The molecule has 16 nitrogen and oxygen atoms in total. The second-order valence-corrected chi connectivity index (χ2v) is 18.6. The third kappa shape index (κ3) is 21.9. The molecular weight excluding hydrogens is 897 g/mol. The van der Waals surface area contributed by atoms with Crippen molar-refractivity contribution in [3.8, 4) is 0 Å². The zero-order valence-corrected chi connectivity index (χ0v) is 42.3. The molecule has 0 fully saturated rings. The van der Waals surface area contributed by atoms with Gasteiger partial charge in [0.1, 0.15) is 13.1 Å². The van der Waals surface area contributed by atoms with Gasteiger partial charge in [0.2, 0.25) is 0 Å². The Hall–Kier alpha value is -7.10. The van der Waals surface area contributed by atoms with E-state index in [4.69, 9.17) is 19.7 Å². The van der Waals surface area contributed by atoms with Crippen molar-refractivity contribution >= 4 is 47.5 Å². The molecule has 2 aliphatic rings. The van der Waals surface area contributed by atoms with E-state index in [2.05, 4.69) is 21.3 Å². The summed E-state index contributed by atoms with van der Waals surface area (Å²) >= 11 is 0. The average molecular weight is 969 g/mol. The minimum atomic E-state index is -0.980. The van der Waals surface area contributed by atoms with Crippen LogP contribution in [0.1, 0.15) is 108 Å². The Morgan fingerprint density at radius 2 is 0.871 bits per heavy atom. The maximum atomic E-state index is 13.2. The molecule has 70 heavy (non-hydrogen) atoms. The summed E-state index contributed by atoms with van der Waals surface area (Å²) in [6, 6.07) is -1.27. The fourth-order valence-electron chi connectivity index (χ4n) is 7.47. The van der Waals surface area contributed by atoms with E-state index >= 15 is 0 Å². The van der Waals surface area contributed by atoms with Crippen molar-refractivity contribution in [2.45, 2.75) is 120 Å². The Bertz CT molecular complexity index is 2170. The van der Waals surface area contributed by atoms with E-state index in [1.54, 1.807) is 13.8 Å². The molecule has 0 spiro atoms. The van der Waals surface area contributed by atoms with Gasteiger partial charge in [0, 0.05) is 38.8 Å². The minimum Gasteiger partial charge on any atom is -0.481 e. The molecule has 0 saturated heterocycles. The molecule has 0 aliphatic heterocycles. The lowest BCUT2D eigenvalue weighted by Gasteiger charge is -2.36. The van der Waals surface area contributed by atoms with Crippen LogP contribution in [0.25, 0.3) is 0 Å². The van der Waals surface area contributed by atoms with E-state index < -0.39 is 72.1 Å². The number of hydrogen-bond acceptors (Lipinski definition) is 10. The number of urea groups is 2. The first-order valence-corrected chi connectivity index (χ1v) is 23.3. The van der Waals surface area contributed by atoms with E-state index in [1.165, 1.54) is 0 Å². The van der Waals surface area contributed by atoms with E-state index in [0.29, 0.717) is 11.1 Å². The molecule has 2 atom stereocenters. The zero-order chi connectivity index (χ0) is 52.6. The number of amides is 4. The van der Waals surface area contributed by atoms with Crippen LogP contribution < -0.4 is 21.3 Å². The fraction of sp³-hybridized carbons (Fsp3) is 0.444. The van der Waals surface area contributed by atoms with Crippen LogP contribution >= 0.6 is 0 Å². The van der Waals surface area contributed by atoms with Crippen LogP contribution in [-0.2, 0) is 38.2 Å². The van der Waals surface area contributed by atoms with Crippen LogP contribution in [0.15, 0.2) is 130 Å². The summed E-state index contributed by atoms with van der Waals surface area (Å²) in [5, 5.41) is 27.0. The van der Waals surface area contributed by atoms with Crippen molar-refractivity contribution in [1.82, 2.24) is 21.3 Å². The number of ketones is 2. The predicted octanol–water partition coefficient (Wildman–Crippen LogP) is 8.34. The van der Waals surface area contributed by atoms with Gasteiger partial charge >= 0.3 is 35.9 Å². The molecule has 0 saturated carbocycles. The highest BCUT2D eigenvalue weighted by Gasteiger charge is 2.41. The first-order chi connectivity index (χ1) is 32.8. The highest BCUT2D eigenvalue weighted by atomic mass is 16.6. The number of carboxylic acid groups (broad SMARTS) is 2. The number of allylic oxidation sites excluding steroid dienone is 20. The average Bonchev–Trinajstić information content (AvgIpc) is 3.27. The number of nitrogens with one attached hydrogen (secondary N) is 4. The molecule has 0 bridgehead atoms. The van der Waals surface area contributed by atoms with Gasteiger partial charge in [-0.25, -0.2) is 9.59 Å². The summed E-state index contributed by atoms with van der Waals surface area (Å²) in [5.74, 6) is -4.02. The number of carbonyl (C=O) groups excluding carboxylic acids is 6. The van der Waals surface area contributed by atoms with Crippen LogP contribution in [0.3, 0.4) is 0 Å². The Labute approximate surface area is 412 Å². The van der Waals surface area contributed by atoms with Crippen molar-refractivity contribution in [2.24, 2.45) is 10.8 Å². The fourth-order valence-corrected chi connectivity index (χ4v) is 7.47. The summed E-state index contributed by atoms with van der Waals surface area (Å²) in [6.07, 6.45) is 26.4. The lowest BCUT2D eigenvalue weighted by Crippen LogP contribution is -2.43. The van der Waals surface area contributed by atoms with Crippen LogP contribution in [0.4, 0.5) is 9.59 Å². The number of Topliss-reactive ketones (excluding diaryl/α,β-unsaturated/α-hetero) is 2. The van der Waals surface area contributed by atoms with Crippen molar-refractivity contribution in [2.75, 3.05) is 26.2 Å². The van der Waals surface area contributed by atoms with Gasteiger partial charge in [-0.05, 0) is 87.5 Å². The summed E-state index contributed by atoms with van der Waals surface area (Å²) in [4.78, 5) is 96.3. The van der Waals surface area contributed by atoms with Gasteiger partial charge in [-0.3, -0.25) is 28.8 Å². The smallest absolute Gasteiger partial charge is 0.326 e. The Kier molecular flexibility index (Phi) is 24.5. The van der Waals surface area contributed by atoms with E-state index in [-0.39, 0.29) is 63.2 Å². The van der Waals surface area contributed by atoms with Gasteiger partial charge in [0.25, 0.3) is 0 Å². The summed E-state index contributed by atoms with van der Waals surface area (Å²) < 4.78 is 10.9. The van der Waals surface area contributed by atoms with Gasteiger partial charge in [-0.15, -0.1) is 0 Å². The van der Waals surface area contributed by atoms with Crippen LogP contribution in [0.5, 0.6) is 0 Å². The first kappa shape index (κ1) is 59.0. The standard InChI is InChI=1S/C54H72N4O12/c1-35(19-13-21-37(3)25-27-41-39(5)49(65)43(31-53(41,7)8)69-47(63)33-57-51(67)55-29-15-23-45(59)60)17-11-12-18-36(2)20-14-22-38(4)26-28-42-40(6)50(66)44(32-54(42,9)10)70-48(64)34-58-52(68)56-30-16-24-46(61)62/h11-14,17-22,25-28,43-44H,15-16,23-24,29-34H2,1-10H3,(H,59,60)(H,61,62)(H2,55,57,67)(H2,56,58,68). The number of hydrogen-bond donors (Lipinski definition) is 6. The monoisotopic (exact) mass is 969 g/mol. The van der Waals surface area contributed by atoms with Gasteiger partial charge in [-0.2, -0.15) is 0 Å². The van der Waals surface area contributed by atoms with Gasteiger partial charge < -0.3 is 41.0 Å². The second kappa shape index (κ2) is 29.0.